The topological polar surface area (TPSA) is 81.1 Å². The van der Waals surface area contributed by atoms with Gasteiger partial charge in [0.05, 0.1) is 18.4 Å². The summed E-state index contributed by atoms with van der Waals surface area (Å²) < 4.78 is 47.0. The molecule has 4 aromatic rings. The van der Waals surface area contributed by atoms with Crippen LogP contribution < -0.4 is 15.4 Å². The van der Waals surface area contributed by atoms with Crippen LogP contribution in [0.15, 0.2) is 67.3 Å². The van der Waals surface area contributed by atoms with Gasteiger partial charge in [0, 0.05) is 41.7 Å². The maximum atomic E-state index is 13.3. The van der Waals surface area contributed by atoms with Gasteiger partial charge in [-0.3, -0.25) is 9.55 Å². The number of benzene rings is 2. The van der Waals surface area contributed by atoms with Gasteiger partial charge in [-0.1, -0.05) is 0 Å². The molecule has 0 aliphatic carbocycles. The van der Waals surface area contributed by atoms with Gasteiger partial charge in [-0.25, -0.2) is 9.78 Å². The van der Waals surface area contributed by atoms with Crippen molar-refractivity contribution >= 4 is 17.4 Å². The fraction of sp³-hybridized carbons (Fsp3) is 0.160. The Morgan fingerprint density at radius 3 is 2.31 bits per heavy atom. The van der Waals surface area contributed by atoms with Crippen LogP contribution in [0.2, 0.25) is 0 Å². The molecule has 0 saturated carbocycles. The monoisotopic (exact) mass is 481 g/mol. The molecular formula is C25H22F3N5O2. The average molecular weight is 481 g/mol. The lowest BCUT2D eigenvalue weighted by Gasteiger charge is -2.17. The molecule has 7 nitrogen and oxygen atoms in total. The minimum absolute atomic E-state index is 0.00243. The Labute approximate surface area is 199 Å². The van der Waals surface area contributed by atoms with Crippen LogP contribution in [0, 0.1) is 13.8 Å². The SMILES string of the molecule is COc1cc(C)c(C(F)(F)F)cc1NC(=O)Nc1ccc(-n2ccnc2-c2ccncc2)cc1C. The number of urea groups is 1. The van der Waals surface area contributed by atoms with Crippen LogP contribution in [-0.2, 0) is 6.18 Å². The summed E-state index contributed by atoms with van der Waals surface area (Å²) in [5.74, 6) is 0.860. The molecular weight excluding hydrogens is 459 g/mol. The molecule has 2 amide bonds. The minimum Gasteiger partial charge on any atom is -0.495 e. The number of halogens is 3. The summed E-state index contributed by atoms with van der Waals surface area (Å²) >= 11 is 0. The highest BCUT2D eigenvalue weighted by molar-refractivity contribution is 6.01. The molecule has 35 heavy (non-hydrogen) atoms. The first-order chi connectivity index (χ1) is 16.7. The van der Waals surface area contributed by atoms with E-state index in [1.54, 1.807) is 24.7 Å². The number of hydrogen-bond donors (Lipinski definition) is 2. The van der Waals surface area contributed by atoms with E-state index in [9.17, 15) is 18.0 Å². The molecule has 10 heteroatoms. The highest BCUT2D eigenvalue weighted by Crippen LogP contribution is 2.37. The quantitative estimate of drug-likeness (QED) is 0.355. The Kier molecular flexibility index (Phi) is 6.46. The van der Waals surface area contributed by atoms with E-state index < -0.39 is 17.8 Å². The number of pyridine rings is 1. The average Bonchev–Trinajstić information content (AvgIpc) is 3.31. The number of aromatic nitrogens is 3. The molecule has 0 unspecified atom stereocenters. The number of rotatable bonds is 5. The Hall–Kier alpha value is -4.34. The summed E-state index contributed by atoms with van der Waals surface area (Å²) in [6, 6.07) is 10.5. The largest absolute Gasteiger partial charge is 0.495 e. The van der Waals surface area contributed by atoms with Gasteiger partial charge >= 0.3 is 12.2 Å². The third-order valence-electron chi connectivity index (χ3n) is 5.42. The lowest BCUT2D eigenvalue weighted by molar-refractivity contribution is -0.138. The smallest absolute Gasteiger partial charge is 0.416 e. The number of nitrogens with one attached hydrogen (secondary N) is 2. The highest BCUT2D eigenvalue weighted by atomic mass is 19.4. The van der Waals surface area contributed by atoms with E-state index in [1.807, 2.05) is 42.0 Å². The van der Waals surface area contributed by atoms with Gasteiger partial charge in [-0.15, -0.1) is 0 Å². The van der Waals surface area contributed by atoms with E-state index in [1.165, 1.54) is 20.1 Å². The van der Waals surface area contributed by atoms with Crippen LogP contribution in [-0.4, -0.2) is 27.7 Å². The first-order valence-electron chi connectivity index (χ1n) is 10.6. The number of alkyl halides is 3. The maximum absolute atomic E-state index is 13.3. The molecule has 0 spiro atoms. The van der Waals surface area contributed by atoms with E-state index >= 15 is 0 Å². The van der Waals surface area contributed by atoms with Crippen molar-refractivity contribution in [2.24, 2.45) is 0 Å². The van der Waals surface area contributed by atoms with Gasteiger partial charge in [0.1, 0.15) is 11.6 Å². The minimum atomic E-state index is -4.56. The normalized spacial score (nSPS) is 11.3. The predicted octanol–water partition coefficient (Wildman–Crippen LogP) is 6.22. The number of carbonyl (C=O) groups excluding carboxylic acids is 1. The Morgan fingerprint density at radius 2 is 1.66 bits per heavy atom. The number of anilines is 2. The Balaban J connectivity index is 1.55. The number of hydrogen-bond acceptors (Lipinski definition) is 4. The number of methoxy groups -OCH3 is 1. The molecule has 4 rings (SSSR count). The number of aryl methyl sites for hydroxylation is 2. The number of imidazole rings is 1. The van der Waals surface area contributed by atoms with E-state index in [-0.39, 0.29) is 17.0 Å². The summed E-state index contributed by atoms with van der Waals surface area (Å²) in [6.45, 7) is 3.15. The summed E-state index contributed by atoms with van der Waals surface area (Å²) in [5, 5.41) is 5.14. The molecule has 0 atom stereocenters. The second-order valence-corrected chi connectivity index (χ2v) is 7.80. The van der Waals surface area contributed by atoms with E-state index in [4.69, 9.17) is 4.74 Å². The van der Waals surface area contributed by atoms with Crippen LogP contribution in [0.25, 0.3) is 17.1 Å². The molecule has 2 aromatic carbocycles. The van der Waals surface area contributed by atoms with Crippen LogP contribution in [0.4, 0.5) is 29.3 Å². The van der Waals surface area contributed by atoms with E-state index in [2.05, 4.69) is 20.6 Å². The number of ether oxygens (including phenoxy) is 1. The van der Waals surface area contributed by atoms with Crippen LogP contribution in [0.3, 0.4) is 0 Å². The van der Waals surface area contributed by atoms with Crippen molar-refractivity contribution in [2.45, 2.75) is 20.0 Å². The van der Waals surface area contributed by atoms with Crippen LogP contribution >= 0.6 is 0 Å². The second-order valence-electron chi connectivity index (χ2n) is 7.80. The van der Waals surface area contributed by atoms with Crippen LogP contribution in [0.5, 0.6) is 5.75 Å². The van der Waals surface area contributed by atoms with Gasteiger partial charge < -0.3 is 15.4 Å². The molecule has 0 aliphatic heterocycles. The van der Waals surface area contributed by atoms with Crippen molar-refractivity contribution < 1.29 is 22.7 Å². The molecule has 0 aliphatic rings. The van der Waals surface area contributed by atoms with Gasteiger partial charge in [-0.05, 0) is 67.4 Å². The van der Waals surface area contributed by atoms with Crippen molar-refractivity contribution in [3.63, 3.8) is 0 Å². The van der Waals surface area contributed by atoms with Crippen molar-refractivity contribution in [3.8, 4) is 22.8 Å². The predicted molar refractivity (Wildman–Crippen MR) is 127 cm³/mol. The zero-order chi connectivity index (χ0) is 25.2. The van der Waals surface area contributed by atoms with Crippen molar-refractivity contribution in [3.05, 3.63) is 83.9 Å². The van der Waals surface area contributed by atoms with Gasteiger partial charge in [0.25, 0.3) is 0 Å². The molecule has 2 heterocycles. The molecule has 0 radical (unpaired) electrons. The highest BCUT2D eigenvalue weighted by Gasteiger charge is 2.33. The third-order valence-corrected chi connectivity index (χ3v) is 5.42. The van der Waals surface area contributed by atoms with Crippen molar-refractivity contribution in [1.82, 2.24) is 14.5 Å². The molecule has 0 bridgehead atoms. The first-order valence-corrected chi connectivity index (χ1v) is 10.6. The van der Waals surface area contributed by atoms with E-state index in [0.717, 1.165) is 28.7 Å². The van der Waals surface area contributed by atoms with Gasteiger partial charge in [0.2, 0.25) is 0 Å². The summed E-state index contributed by atoms with van der Waals surface area (Å²) in [4.78, 5) is 21.1. The van der Waals surface area contributed by atoms with E-state index in [0.29, 0.717) is 5.69 Å². The number of nitrogens with zero attached hydrogens (tertiary/aromatic N) is 3. The summed E-state index contributed by atoms with van der Waals surface area (Å²) in [7, 11) is 1.32. The zero-order valence-electron chi connectivity index (χ0n) is 19.1. The lowest BCUT2D eigenvalue weighted by Crippen LogP contribution is -2.21. The summed E-state index contributed by atoms with van der Waals surface area (Å²) in [6.07, 6.45) is 2.33. The first kappa shape index (κ1) is 23.8. The Bertz CT molecular complexity index is 1370. The molecule has 180 valence electrons. The van der Waals surface area contributed by atoms with Gasteiger partial charge in [-0.2, -0.15) is 13.2 Å². The Morgan fingerprint density at radius 1 is 0.943 bits per heavy atom. The standard InChI is InChI=1S/C25H22F3N5O2/c1-15-13-22(35-3)21(14-19(15)25(26,27)28)32-24(34)31-20-5-4-18(12-16(20)2)33-11-10-30-23(33)17-6-8-29-9-7-17/h4-14H,1-3H3,(H2,31,32,34). The number of amides is 2. The summed E-state index contributed by atoms with van der Waals surface area (Å²) in [5.41, 5.74) is 2.04. The zero-order valence-corrected chi connectivity index (χ0v) is 19.1. The fourth-order valence-electron chi connectivity index (χ4n) is 3.69. The molecule has 2 aromatic heterocycles. The van der Waals surface area contributed by atoms with Crippen LogP contribution in [0.1, 0.15) is 16.7 Å². The third kappa shape index (κ3) is 5.11. The lowest BCUT2D eigenvalue weighted by atomic mass is 10.1. The molecule has 2 N–H and O–H groups in total. The fourth-order valence-corrected chi connectivity index (χ4v) is 3.69. The maximum Gasteiger partial charge on any atom is 0.416 e. The molecule has 0 fully saturated rings. The second kappa shape index (κ2) is 9.49. The number of carbonyl (C=O) groups is 1. The van der Waals surface area contributed by atoms with Crippen molar-refractivity contribution in [1.29, 1.82) is 0 Å². The van der Waals surface area contributed by atoms with Gasteiger partial charge in [0.15, 0.2) is 0 Å². The molecule has 0 saturated heterocycles. The van der Waals surface area contributed by atoms with Crippen molar-refractivity contribution in [2.75, 3.05) is 17.7 Å².